The minimum Gasteiger partial charge on any atom is -0.346 e. The molecule has 0 spiro atoms. The molecule has 1 atom stereocenters. The molecule has 7 nitrogen and oxygen atoms in total. The summed E-state index contributed by atoms with van der Waals surface area (Å²) in [7, 11) is -7.29. The highest BCUT2D eigenvalue weighted by Gasteiger charge is 2.18. The maximum atomic E-state index is 12.6. The average Bonchev–Trinajstić information content (AvgIpc) is 2.53. The van der Waals surface area contributed by atoms with Gasteiger partial charge < -0.3 is 5.32 Å². The van der Waals surface area contributed by atoms with Crippen LogP contribution < -0.4 is 10.5 Å². The Balaban J connectivity index is 2.31. The van der Waals surface area contributed by atoms with Crippen LogP contribution in [0.1, 0.15) is 34.5 Å². The summed E-state index contributed by atoms with van der Waals surface area (Å²) in [6, 6.07) is 9.79. The van der Waals surface area contributed by atoms with Crippen molar-refractivity contribution < 1.29 is 21.6 Å². The van der Waals surface area contributed by atoms with Gasteiger partial charge in [0.05, 0.1) is 15.8 Å². The highest BCUT2D eigenvalue weighted by atomic mass is 32.2. The molecule has 0 aliphatic heterocycles. The Morgan fingerprint density at radius 3 is 2.27 bits per heavy atom. The number of aryl methyl sites for hydroxylation is 1. The summed E-state index contributed by atoms with van der Waals surface area (Å²) < 4.78 is 46.3. The fraction of sp³-hybridized carbons (Fsp3) is 0.235. The lowest BCUT2D eigenvalue weighted by Crippen LogP contribution is -2.27. The lowest BCUT2D eigenvalue weighted by Gasteiger charge is -2.16. The van der Waals surface area contributed by atoms with Crippen molar-refractivity contribution in [3.8, 4) is 0 Å². The Hall–Kier alpha value is -2.23. The van der Waals surface area contributed by atoms with E-state index in [9.17, 15) is 21.6 Å². The summed E-state index contributed by atoms with van der Waals surface area (Å²) in [6.45, 7) is 3.39. The molecule has 0 saturated heterocycles. The quantitative estimate of drug-likeness (QED) is 0.793. The largest absolute Gasteiger partial charge is 0.346 e. The molecule has 1 amide bonds. The number of carbonyl (C=O) groups is 1. The first kappa shape index (κ1) is 20.1. The van der Waals surface area contributed by atoms with Crippen LogP contribution in [0.2, 0.25) is 0 Å². The van der Waals surface area contributed by atoms with Gasteiger partial charge in [0.15, 0.2) is 9.84 Å². The molecule has 0 fully saturated rings. The summed E-state index contributed by atoms with van der Waals surface area (Å²) in [5.74, 6) is -0.457. The van der Waals surface area contributed by atoms with Crippen molar-refractivity contribution in [1.29, 1.82) is 0 Å². The van der Waals surface area contributed by atoms with E-state index in [1.54, 1.807) is 26.0 Å². The summed E-state index contributed by atoms with van der Waals surface area (Å²) in [6.07, 6.45) is 1.07. The molecule has 0 heterocycles. The van der Waals surface area contributed by atoms with Crippen LogP contribution >= 0.6 is 0 Å². The normalized spacial score (nSPS) is 13.2. The van der Waals surface area contributed by atoms with E-state index in [4.69, 9.17) is 5.14 Å². The predicted molar refractivity (Wildman–Crippen MR) is 98.0 cm³/mol. The monoisotopic (exact) mass is 396 g/mol. The van der Waals surface area contributed by atoms with Gasteiger partial charge in [-0.05, 0) is 49.2 Å². The molecule has 0 saturated carbocycles. The van der Waals surface area contributed by atoms with Crippen molar-refractivity contribution in [2.24, 2.45) is 5.14 Å². The molecule has 26 heavy (non-hydrogen) atoms. The van der Waals surface area contributed by atoms with E-state index in [0.29, 0.717) is 11.1 Å². The number of sulfone groups is 1. The van der Waals surface area contributed by atoms with E-state index < -0.39 is 31.8 Å². The first-order chi connectivity index (χ1) is 11.9. The van der Waals surface area contributed by atoms with Gasteiger partial charge in [-0.15, -0.1) is 0 Å². The van der Waals surface area contributed by atoms with Crippen LogP contribution in [0.3, 0.4) is 0 Å². The second kappa shape index (κ2) is 7.18. The van der Waals surface area contributed by atoms with Crippen LogP contribution in [0.4, 0.5) is 0 Å². The van der Waals surface area contributed by atoms with Crippen molar-refractivity contribution in [3.63, 3.8) is 0 Å². The number of amides is 1. The first-order valence-electron chi connectivity index (χ1n) is 7.64. The molecule has 0 bridgehead atoms. The Kier molecular flexibility index (Phi) is 5.55. The molecule has 140 valence electrons. The van der Waals surface area contributed by atoms with Gasteiger partial charge >= 0.3 is 0 Å². The van der Waals surface area contributed by atoms with Gasteiger partial charge in [0.1, 0.15) is 0 Å². The summed E-state index contributed by atoms with van der Waals surface area (Å²) >= 11 is 0. The number of nitrogens with one attached hydrogen (secondary N) is 1. The maximum Gasteiger partial charge on any atom is 0.252 e. The van der Waals surface area contributed by atoms with Crippen LogP contribution in [0.25, 0.3) is 0 Å². The molecule has 0 radical (unpaired) electrons. The van der Waals surface area contributed by atoms with Gasteiger partial charge in [-0.2, -0.15) is 0 Å². The molecule has 2 aromatic rings. The number of hydrogen-bond acceptors (Lipinski definition) is 5. The standard InChI is InChI=1S/C17H20N2O5S2/c1-11-7-8-14(25(3,21)22)10-16(11)17(20)19-12(2)13-5-4-6-15(9-13)26(18,23)24/h4-10,12H,1-3H3,(H,19,20)(H2,18,23,24). The molecule has 2 rings (SSSR count). The van der Waals surface area contributed by atoms with Crippen LogP contribution in [0.15, 0.2) is 52.3 Å². The van der Waals surface area contributed by atoms with Gasteiger partial charge in [0, 0.05) is 11.8 Å². The fourth-order valence-electron chi connectivity index (χ4n) is 2.39. The van der Waals surface area contributed by atoms with Crippen LogP contribution in [0, 0.1) is 6.92 Å². The molecule has 0 aliphatic carbocycles. The minimum atomic E-state index is -3.85. The second-order valence-electron chi connectivity index (χ2n) is 6.06. The molecular formula is C17H20N2O5S2. The lowest BCUT2D eigenvalue weighted by atomic mass is 10.1. The van der Waals surface area contributed by atoms with Crippen molar-refractivity contribution in [2.75, 3.05) is 6.26 Å². The van der Waals surface area contributed by atoms with Gasteiger partial charge in [-0.1, -0.05) is 18.2 Å². The van der Waals surface area contributed by atoms with E-state index in [2.05, 4.69) is 5.32 Å². The van der Waals surface area contributed by atoms with Crippen LogP contribution in [0.5, 0.6) is 0 Å². The summed E-state index contributed by atoms with van der Waals surface area (Å²) in [5, 5.41) is 7.86. The third kappa shape index (κ3) is 4.69. The van der Waals surface area contributed by atoms with E-state index in [0.717, 1.165) is 6.26 Å². The van der Waals surface area contributed by atoms with E-state index in [1.165, 1.54) is 30.3 Å². The third-order valence-electron chi connectivity index (χ3n) is 3.92. The molecular weight excluding hydrogens is 376 g/mol. The molecule has 3 N–H and O–H groups in total. The number of benzene rings is 2. The highest BCUT2D eigenvalue weighted by Crippen LogP contribution is 2.19. The number of nitrogens with two attached hydrogens (primary N) is 1. The van der Waals surface area contributed by atoms with Gasteiger partial charge in [0.2, 0.25) is 10.0 Å². The molecule has 0 aromatic heterocycles. The third-order valence-corrected chi connectivity index (χ3v) is 5.94. The number of rotatable bonds is 5. The zero-order valence-electron chi connectivity index (χ0n) is 14.6. The van der Waals surface area contributed by atoms with Gasteiger partial charge in [0.25, 0.3) is 5.91 Å². The van der Waals surface area contributed by atoms with Crippen LogP contribution in [-0.4, -0.2) is 29.0 Å². The number of sulfonamides is 1. The summed E-state index contributed by atoms with van der Waals surface area (Å²) in [5.41, 5.74) is 1.42. The van der Waals surface area contributed by atoms with Crippen LogP contribution in [-0.2, 0) is 19.9 Å². The first-order valence-corrected chi connectivity index (χ1v) is 11.1. The number of primary sulfonamides is 1. The SMILES string of the molecule is Cc1ccc(S(C)(=O)=O)cc1C(=O)NC(C)c1cccc(S(N)(=O)=O)c1. The number of carbonyl (C=O) groups excluding carboxylic acids is 1. The van der Waals surface area contributed by atoms with Crippen molar-refractivity contribution in [2.45, 2.75) is 29.7 Å². The Morgan fingerprint density at radius 1 is 1.04 bits per heavy atom. The fourth-order valence-corrected chi connectivity index (χ4v) is 3.61. The van der Waals surface area contributed by atoms with E-state index >= 15 is 0 Å². The summed E-state index contributed by atoms with van der Waals surface area (Å²) in [4.78, 5) is 12.6. The zero-order valence-corrected chi connectivity index (χ0v) is 16.2. The van der Waals surface area contributed by atoms with Gasteiger partial charge in [-0.3, -0.25) is 4.79 Å². The topological polar surface area (TPSA) is 123 Å². The smallest absolute Gasteiger partial charge is 0.252 e. The van der Waals surface area contributed by atoms with Gasteiger partial charge in [-0.25, -0.2) is 22.0 Å². The van der Waals surface area contributed by atoms with Crippen molar-refractivity contribution in [3.05, 3.63) is 59.2 Å². The number of hydrogen-bond donors (Lipinski definition) is 2. The second-order valence-corrected chi connectivity index (χ2v) is 9.64. The maximum absolute atomic E-state index is 12.6. The molecule has 2 aromatic carbocycles. The Labute approximate surface area is 153 Å². The van der Waals surface area contributed by atoms with E-state index in [-0.39, 0.29) is 15.4 Å². The molecule has 9 heteroatoms. The zero-order chi connectivity index (χ0) is 19.7. The molecule has 1 unspecified atom stereocenters. The van der Waals surface area contributed by atoms with Crippen molar-refractivity contribution in [1.82, 2.24) is 5.32 Å². The Bertz CT molecular complexity index is 1060. The predicted octanol–water partition coefficient (Wildman–Crippen LogP) is 1.54. The van der Waals surface area contributed by atoms with Crippen molar-refractivity contribution >= 4 is 25.8 Å². The highest BCUT2D eigenvalue weighted by molar-refractivity contribution is 7.90. The lowest BCUT2D eigenvalue weighted by molar-refractivity contribution is 0.0939. The average molecular weight is 396 g/mol. The van der Waals surface area contributed by atoms with E-state index in [1.807, 2.05) is 0 Å². The molecule has 0 aliphatic rings. The Morgan fingerprint density at radius 2 is 1.69 bits per heavy atom. The minimum absolute atomic E-state index is 0.0497.